The second-order valence-corrected chi connectivity index (χ2v) is 6.61. The Balaban J connectivity index is 1.54. The summed E-state index contributed by atoms with van der Waals surface area (Å²) in [6.07, 6.45) is 1.14. The average molecular weight is 418 g/mol. The molecule has 154 valence electrons. The van der Waals surface area contributed by atoms with Gasteiger partial charge in [0.15, 0.2) is 11.7 Å². The van der Waals surface area contributed by atoms with Crippen molar-refractivity contribution < 1.29 is 19.3 Å². The second kappa shape index (κ2) is 8.07. The van der Waals surface area contributed by atoms with Gasteiger partial charge in [0, 0.05) is 23.4 Å². The molecule has 4 aromatic rings. The number of hydrogen-bond acceptors (Lipinski definition) is 5. The third-order valence-corrected chi connectivity index (χ3v) is 4.54. The maximum atomic E-state index is 14.1. The van der Waals surface area contributed by atoms with E-state index in [-0.39, 0.29) is 17.0 Å². The van der Waals surface area contributed by atoms with Gasteiger partial charge in [0.1, 0.15) is 5.52 Å². The molecule has 0 atom stereocenters. The van der Waals surface area contributed by atoms with Crippen molar-refractivity contribution in [2.45, 2.75) is 0 Å². The molecule has 1 heterocycles. The third-order valence-electron chi connectivity index (χ3n) is 4.54. The first-order valence-electron chi connectivity index (χ1n) is 9.12. The lowest BCUT2D eigenvalue weighted by atomic mass is 10.2. The second-order valence-electron chi connectivity index (χ2n) is 6.61. The van der Waals surface area contributed by atoms with E-state index in [0.717, 1.165) is 10.8 Å². The zero-order valence-corrected chi connectivity index (χ0v) is 15.9. The van der Waals surface area contributed by atoms with Crippen LogP contribution in [0.2, 0.25) is 0 Å². The third kappa shape index (κ3) is 4.10. The fourth-order valence-corrected chi connectivity index (χ4v) is 3.01. The zero-order chi connectivity index (χ0) is 22.0. The Labute approximate surface area is 175 Å². The van der Waals surface area contributed by atoms with Crippen LogP contribution in [0.3, 0.4) is 0 Å². The van der Waals surface area contributed by atoms with Gasteiger partial charge in [0.05, 0.1) is 10.4 Å². The number of anilines is 1. The first-order chi connectivity index (χ1) is 14.9. The molecule has 0 fully saturated rings. The summed E-state index contributed by atoms with van der Waals surface area (Å²) in [7, 11) is 0. The van der Waals surface area contributed by atoms with Crippen molar-refractivity contribution in [1.82, 2.24) is 9.71 Å². The average Bonchev–Trinajstić information content (AvgIpc) is 3.11. The Kier molecular flexibility index (Phi) is 5.15. The monoisotopic (exact) mass is 418 g/mol. The molecule has 3 aromatic carbocycles. The highest BCUT2D eigenvalue weighted by Gasteiger charge is 2.16. The first-order valence-corrected chi connectivity index (χ1v) is 9.12. The molecule has 0 unspecified atom stereocenters. The van der Waals surface area contributed by atoms with E-state index in [1.165, 1.54) is 30.3 Å². The van der Waals surface area contributed by atoms with Gasteiger partial charge in [-0.15, -0.1) is 0 Å². The van der Waals surface area contributed by atoms with Crippen LogP contribution in [0, 0.1) is 10.1 Å². The number of carbonyl (C=O) groups is 1. The number of imidazole rings is 1. The van der Waals surface area contributed by atoms with Crippen LogP contribution in [0.4, 0.5) is 15.8 Å². The van der Waals surface area contributed by atoms with Crippen molar-refractivity contribution in [3.63, 3.8) is 0 Å². The lowest BCUT2D eigenvalue weighted by molar-refractivity contribution is -0.384. The van der Waals surface area contributed by atoms with Gasteiger partial charge >= 0.3 is 0 Å². The number of hydrogen-bond donors (Lipinski definition) is 2. The fraction of sp³-hybridized carbons (Fsp3) is 0. The standard InChI is InChI=1S/C22H15FN4O4/c23-18(12-14-4-2-1-3-5-14)22(28)24-16-8-6-15(7-9-16)21-25-19-11-10-17(27(30)31)13-20(19)26(21)29/h1-13,29H,(H,24,28)/b18-12-. The van der Waals surface area contributed by atoms with Crippen LogP contribution in [-0.2, 0) is 4.79 Å². The summed E-state index contributed by atoms with van der Waals surface area (Å²) >= 11 is 0. The molecule has 9 heteroatoms. The van der Waals surface area contributed by atoms with E-state index >= 15 is 0 Å². The minimum atomic E-state index is -0.936. The number of benzene rings is 3. The SMILES string of the molecule is O=C(Nc1ccc(-c2nc3ccc([N+](=O)[O-])cc3n2O)cc1)/C(F)=C/c1ccccc1. The van der Waals surface area contributed by atoms with Gasteiger partial charge < -0.3 is 10.5 Å². The summed E-state index contributed by atoms with van der Waals surface area (Å²) in [6, 6.07) is 18.8. The number of nitrogens with one attached hydrogen (secondary N) is 1. The number of rotatable bonds is 5. The van der Waals surface area contributed by atoms with Crippen LogP contribution < -0.4 is 5.32 Å². The number of carbonyl (C=O) groups excluding carboxylic acids is 1. The Bertz CT molecular complexity index is 1310. The number of halogens is 1. The lowest BCUT2D eigenvalue weighted by Crippen LogP contribution is -2.11. The molecule has 1 aromatic heterocycles. The van der Waals surface area contributed by atoms with Crippen LogP contribution in [0.15, 0.2) is 78.6 Å². The first kappa shape index (κ1) is 19.8. The van der Waals surface area contributed by atoms with Crippen molar-refractivity contribution in [3.8, 4) is 11.4 Å². The summed E-state index contributed by atoms with van der Waals surface area (Å²) in [6.45, 7) is 0. The number of amides is 1. The molecule has 0 aliphatic rings. The van der Waals surface area contributed by atoms with Crippen LogP contribution in [0.1, 0.15) is 5.56 Å². The molecular formula is C22H15FN4O4. The fourth-order valence-electron chi connectivity index (χ4n) is 3.01. The number of non-ortho nitro benzene ring substituents is 1. The van der Waals surface area contributed by atoms with Gasteiger partial charge in [-0.25, -0.2) is 9.37 Å². The summed E-state index contributed by atoms with van der Waals surface area (Å²) in [4.78, 5) is 26.7. The predicted octanol–water partition coefficient (Wildman–Crippen LogP) is 4.80. The smallest absolute Gasteiger partial charge is 0.284 e. The lowest BCUT2D eigenvalue weighted by Gasteiger charge is -2.06. The summed E-state index contributed by atoms with van der Waals surface area (Å²) < 4.78 is 14.9. The maximum absolute atomic E-state index is 14.1. The molecule has 0 saturated heterocycles. The van der Waals surface area contributed by atoms with Crippen molar-refractivity contribution in [2.75, 3.05) is 5.32 Å². The Morgan fingerprint density at radius 2 is 1.81 bits per heavy atom. The number of fused-ring (bicyclic) bond motifs is 1. The summed E-state index contributed by atoms with van der Waals surface area (Å²) in [5, 5.41) is 23.8. The van der Waals surface area contributed by atoms with E-state index in [1.807, 2.05) is 0 Å². The number of nitro benzene ring substituents is 1. The summed E-state index contributed by atoms with van der Waals surface area (Å²) in [5.74, 6) is -1.66. The van der Waals surface area contributed by atoms with Crippen LogP contribution >= 0.6 is 0 Å². The largest absolute Gasteiger partial charge is 0.426 e. The van der Waals surface area contributed by atoms with Crippen molar-refractivity contribution in [3.05, 3.63) is 94.3 Å². The van der Waals surface area contributed by atoms with E-state index in [0.29, 0.717) is 22.3 Å². The number of nitrogens with zero attached hydrogens (tertiary/aromatic N) is 3. The summed E-state index contributed by atoms with van der Waals surface area (Å²) in [5.41, 5.74) is 1.81. The highest BCUT2D eigenvalue weighted by molar-refractivity contribution is 6.05. The van der Waals surface area contributed by atoms with Crippen molar-refractivity contribution >= 4 is 34.4 Å². The van der Waals surface area contributed by atoms with Crippen LogP contribution in [0.25, 0.3) is 28.5 Å². The molecule has 2 N–H and O–H groups in total. The zero-order valence-electron chi connectivity index (χ0n) is 15.9. The highest BCUT2D eigenvalue weighted by Crippen LogP contribution is 2.27. The normalized spacial score (nSPS) is 11.5. The van der Waals surface area contributed by atoms with E-state index in [1.54, 1.807) is 42.5 Å². The molecule has 0 saturated carbocycles. The molecule has 0 radical (unpaired) electrons. The Hall–Kier alpha value is -4.53. The molecule has 8 nitrogen and oxygen atoms in total. The van der Waals surface area contributed by atoms with Gasteiger partial charge in [-0.2, -0.15) is 4.73 Å². The molecule has 0 aliphatic carbocycles. The van der Waals surface area contributed by atoms with E-state index in [4.69, 9.17) is 0 Å². The van der Waals surface area contributed by atoms with E-state index in [9.17, 15) is 24.5 Å². The van der Waals surface area contributed by atoms with E-state index in [2.05, 4.69) is 10.3 Å². The minimum Gasteiger partial charge on any atom is -0.426 e. The van der Waals surface area contributed by atoms with Gasteiger partial charge in [0.25, 0.3) is 11.6 Å². The van der Waals surface area contributed by atoms with Crippen LogP contribution in [-0.4, -0.2) is 25.8 Å². The van der Waals surface area contributed by atoms with Crippen molar-refractivity contribution in [1.29, 1.82) is 0 Å². The molecule has 0 bridgehead atoms. The number of aromatic nitrogens is 2. The highest BCUT2D eigenvalue weighted by atomic mass is 19.1. The molecule has 0 aliphatic heterocycles. The quantitative estimate of drug-likeness (QED) is 0.209. The Morgan fingerprint density at radius 1 is 1.10 bits per heavy atom. The molecule has 0 spiro atoms. The molecule has 31 heavy (non-hydrogen) atoms. The minimum absolute atomic E-state index is 0.169. The Morgan fingerprint density at radius 3 is 2.48 bits per heavy atom. The van der Waals surface area contributed by atoms with Gasteiger partial charge in [-0.1, -0.05) is 30.3 Å². The predicted molar refractivity (Wildman–Crippen MR) is 113 cm³/mol. The van der Waals surface area contributed by atoms with E-state index < -0.39 is 16.7 Å². The topological polar surface area (TPSA) is 110 Å². The van der Waals surface area contributed by atoms with Crippen LogP contribution in [0.5, 0.6) is 0 Å². The van der Waals surface area contributed by atoms with Crippen molar-refractivity contribution in [2.24, 2.45) is 0 Å². The van der Waals surface area contributed by atoms with Gasteiger partial charge in [-0.05, 0) is 42.0 Å². The maximum Gasteiger partial charge on any atom is 0.284 e. The van der Waals surface area contributed by atoms with Gasteiger partial charge in [-0.3, -0.25) is 14.9 Å². The molecule has 1 amide bonds. The van der Waals surface area contributed by atoms with Gasteiger partial charge in [0.2, 0.25) is 0 Å². The molecule has 4 rings (SSSR count). The molecular weight excluding hydrogens is 403 g/mol. The number of nitro groups is 1.